The summed E-state index contributed by atoms with van der Waals surface area (Å²) < 4.78 is 5.71. The molecule has 2 fully saturated rings. The van der Waals surface area contributed by atoms with Crippen LogP contribution in [0.4, 0.5) is 0 Å². The summed E-state index contributed by atoms with van der Waals surface area (Å²) in [5, 5.41) is 9.22. The van der Waals surface area contributed by atoms with E-state index < -0.39 is 5.54 Å². The second-order valence-corrected chi connectivity index (χ2v) is 5.61. The third kappa shape index (κ3) is 3.41. The van der Waals surface area contributed by atoms with Gasteiger partial charge in [0.05, 0.1) is 12.2 Å². The Labute approximate surface area is 104 Å². The van der Waals surface area contributed by atoms with Crippen molar-refractivity contribution in [2.45, 2.75) is 43.7 Å². The number of hydrogen-bond acceptors (Lipinski definition) is 4. The molecule has 0 spiro atoms. The van der Waals surface area contributed by atoms with Crippen molar-refractivity contribution < 1.29 is 4.74 Å². The fourth-order valence-electron chi connectivity index (χ4n) is 2.66. The number of nitriles is 1. The fraction of sp³-hybridized carbons (Fsp3) is 0.923. The van der Waals surface area contributed by atoms with E-state index in [2.05, 4.69) is 11.0 Å². The van der Waals surface area contributed by atoms with Gasteiger partial charge in [-0.05, 0) is 45.1 Å². The van der Waals surface area contributed by atoms with Crippen molar-refractivity contribution in [3.05, 3.63) is 0 Å². The molecule has 96 valence electrons. The molecule has 4 heteroatoms. The Morgan fingerprint density at radius 3 is 2.71 bits per heavy atom. The second-order valence-electron chi connectivity index (χ2n) is 5.61. The highest BCUT2D eigenvalue weighted by Gasteiger charge is 2.43. The van der Waals surface area contributed by atoms with Crippen LogP contribution in [-0.2, 0) is 4.74 Å². The van der Waals surface area contributed by atoms with Gasteiger partial charge in [0.25, 0.3) is 0 Å². The summed E-state index contributed by atoms with van der Waals surface area (Å²) in [6, 6.07) is 2.30. The van der Waals surface area contributed by atoms with Gasteiger partial charge in [-0.15, -0.1) is 0 Å². The highest BCUT2D eigenvalue weighted by Crippen LogP contribution is 2.38. The van der Waals surface area contributed by atoms with Gasteiger partial charge in [0.2, 0.25) is 0 Å². The molecule has 1 aliphatic heterocycles. The molecule has 2 aliphatic rings. The van der Waals surface area contributed by atoms with Crippen molar-refractivity contribution in [3.63, 3.8) is 0 Å². The molecule has 1 saturated carbocycles. The van der Waals surface area contributed by atoms with Crippen LogP contribution in [-0.4, -0.2) is 43.3 Å². The molecule has 0 bridgehead atoms. The number of likely N-dealkylation sites (N-methyl/N-ethyl adjacent to an activating group) is 1. The van der Waals surface area contributed by atoms with Gasteiger partial charge < -0.3 is 15.4 Å². The normalized spacial score (nSPS) is 28.7. The smallest absolute Gasteiger partial charge is 0.119 e. The molecule has 2 N–H and O–H groups in total. The second kappa shape index (κ2) is 5.34. The van der Waals surface area contributed by atoms with Crippen molar-refractivity contribution in [2.24, 2.45) is 11.7 Å². The largest absolute Gasteiger partial charge is 0.377 e. The summed E-state index contributed by atoms with van der Waals surface area (Å²) in [5.74, 6) is 0.405. The third-order valence-corrected chi connectivity index (χ3v) is 3.83. The van der Waals surface area contributed by atoms with Gasteiger partial charge in [0.1, 0.15) is 5.54 Å². The van der Waals surface area contributed by atoms with Crippen molar-refractivity contribution in [1.29, 1.82) is 5.26 Å². The first-order valence-electron chi connectivity index (χ1n) is 6.64. The lowest BCUT2D eigenvalue weighted by Crippen LogP contribution is -2.51. The predicted molar refractivity (Wildman–Crippen MR) is 66.3 cm³/mol. The first kappa shape index (κ1) is 12.8. The van der Waals surface area contributed by atoms with Gasteiger partial charge in [-0.2, -0.15) is 5.26 Å². The van der Waals surface area contributed by atoms with Gasteiger partial charge in [0, 0.05) is 19.7 Å². The van der Waals surface area contributed by atoms with Crippen LogP contribution in [0.25, 0.3) is 0 Å². The summed E-state index contributed by atoms with van der Waals surface area (Å²) in [6.45, 7) is 2.44. The van der Waals surface area contributed by atoms with E-state index in [4.69, 9.17) is 10.5 Å². The van der Waals surface area contributed by atoms with E-state index in [1.165, 1.54) is 12.8 Å². The first-order chi connectivity index (χ1) is 8.14. The van der Waals surface area contributed by atoms with Gasteiger partial charge >= 0.3 is 0 Å². The maximum atomic E-state index is 9.22. The van der Waals surface area contributed by atoms with Gasteiger partial charge in [-0.25, -0.2) is 0 Å². The van der Waals surface area contributed by atoms with E-state index >= 15 is 0 Å². The Bertz CT molecular complexity index is 292. The lowest BCUT2D eigenvalue weighted by molar-refractivity contribution is -0.00359. The Balaban J connectivity index is 1.79. The fourth-order valence-corrected chi connectivity index (χ4v) is 2.66. The molecular formula is C13H23N3O. The molecule has 0 aromatic carbocycles. The Hall–Kier alpha value is -0.630. The molecular weight excluding hydrogens is 214 g/mol. The lowest BCUT2D eigenvalue weighted by Gasteiger charge is -2.31. The van der Waals surface area contributed by atoms with Crippen molar-refractivity contribution in [2.75, 3.05) is 26.7 Å². The average molecular weight is 237 g/mol. The Morgan fingerprint density at radius 2 is 2.18 bits per heavy atom. The SMILES string of the molecule is CN(CC1CCCCO1)CC(N)(C#N)C1CC1. The van der Waals surface area contributed by atoms with E-state index in [9.17, 15) is 5.26 Å². The minimum Gasteiger partial charge on any atom is -0.377 e. The Morgan fingerprint density at radius 1 is 1.41 bits per heavy atom. The molecule has 0 radical (unpaired) electrons. The van der Waals surface area contributed by atoms with Crippen LogP contribution >= 0.6 is 0 Å². The first-order valence-corrected chi connectivity index (χ1v) is 6.64. The molecule has 2 atom stereocenters. The summed E-state index contributed by atoms with van der Waals surface area (Å²) in [4.78, 5) is 2.16. The summed E-state index contributed by atoms with van der Waals surface area (Å²) in [6.07, 6.45) is 6.12. The Kier molecular flexibility index (Phi) is 4.03. The quantitative estimate of drug-likeness (QED) is 0.778. The summed E-state index contributed by atoms with van der Waals surface area (Å²) in [7, 11) is 2.04. The number of rotatable bonds is 5. The van der Waals surface area contributed by atoms with Crippen molar-refractivity contribution in [3.8, 4) is 6.07 Å². The predicted octanol–water partition coefficient (Wildman–Crippen LogP) is 1.12. The monoisotopic (exact) mass is 237 g/mol. The van der Waals surface area contributed by atoms with E-state index in [1.807, 2.05) is 7.05 Å². The van der Waals surface area contributed by atoms with Gasteiger partial charge in [0.15, 0.2) is 0 Å². The highest BCUT2D eigenvalue weighted by atomic mass is 16.5. The maximum Gasteiger partial charge on any atom is 0.119 e. The highest BCUT2D eigenvalue weighted by molar-refractivity contribution is 5.14. The molecule has 17 heavy (non-hydrogen) atoms. The molecule has 4 nitrogen and oxygen atoms in total. The number of ether oxygens (including phenoxy) is 1. The number of hydrogen-bond donors (Lipinski definition) is 1. The van der Waals surface area contributed by atoms with Crippen LogP contribution in [0.3, 0.4) is 0 Å². The maximum absolute atomic E-state index is 9.22. The van der Waals surface area contributed by atoms with Gasteiger partial charge in [-0.3, -0.25) is 0 Å². The minimum atomic E-state index is -0.649. The lowest BCUT2D eigenvalue weighted by atomic mass is 9.95. The van der Waals surface area contributed by atoms with Crippen LogP contribution in [0, 0.1) is 17.2 Å². The molecule has 0 aromatic rings. The molecule has 0 aromatic heterocycles. The van der Waals surface area contributed by atoms with Crippen LogP contribution in [0.1, 0.15) is 32.1 Å². The zero-order valence-corrected chi connectivity index (χ0v) is 10.7. The average Bonchev–Trinajstić information content (AvgIpc) is 3.14. The minimum absolute atomic E-state index is 0.330. The van der Waals surface area contributed by atoms with Crippen LogP contribution in [0.5, 0.6) is 0 Å². The molecule has 2 rings (SSSR count). The summed E-state index contributed by atoms with van der Waals surface area (Å²) in [5.41, 5.74) is 5.52. The van der Waals surface area contributed by atoms with E-state index in [-0.39, 0.29) is 0 Å². The van der Waals surface area contributed by atoms with E-state index in [1.54, 1.807) is 0 Å². The van der Waals surface area contributed by atoms with Crippen LogP contribution < -0.4 is 5.73 Å². The zero-order chi connectivity index (χ0) is 12.3. The molecule has 1 heterocycles. The topological polar surface area (TPSA) is 62.3 Å². The molecule has 1 aliphatic carbocycles. The van der Waals surface area contributed by atoms with E-state index in [0.29, 0.717) is 18.6 Å². The number of nitrogens with zero attached hydrogens (tertiary/aromatic N) is 2. The van der Waals surface area contributed by atoms with E-state index in [0.717, 1.165) is 32.4 Å². The zero-order valence-electron chi connectivity index (χ0n) is 10.7. The number of nitrogens with two attached hydrogens (primary N) is 1. The van der Waals surface area contributed by atoms with Crippen LogP contribution in [0.15, 0.2) is 0 Å². The molecule has 0 amide bonds. The van der Waals surface area contributed by atoms with Crippen molar-refractivity contribution in [1.82, 2.24) is 4.90 Å². The molecule has 1 saturated heterocycles. The van der Waals surface area contributed by atoms with Crippen LogP contribution in [0.2, 0.25) is 0 Å². The summed E-state index contributed by atoms with van der Waals surface area (Å²) >= 11 is 0. The third-order valence-electron chi connectivity index (χ3n) is 3.83. The van der Waals surface area contributed by atoms with Crippen molar-refractivity contribution >= 4 is 0 Å². The standard InChI is InChI=1S/C13H23N3O/c1-16(8-12-4-2-3-7-17-12)10-13(15,9-14)11-5-6-11/h11-12H,2-8,10,15H2,1H3. The molecule has 2 unspecified atom stereocenters. The van der Waals surface area contributed by atoms with Gasteiger partial charge in [-0.1, -0.05) is 0 Å².